The van der Waals surface area contributed by atoms with Crippen molar-refractivity contribution in [1.82, 2.24) is 15.1 Å². The van der Waals surface area contributed by atoms with Gasteiger partial charge in [0.15, 0.2) is 0 Å². The van der Waals surface area contributed by atoms with E-state index in [4.69, 9.17) is 5.10 Å². The molecule has 0 aliphatic rings. The van der Waals surface area contributed by atoms with Crippen molar-refractivity contribution in [3.8, 4) is 0 Å². The standard InChI is InChI=1S/C17H33N3/c1-7-8-9-10-13-20-15(3)16(14(2)19-20)11-12-18-17(4,5)6/h18H,7-13H2,1-6H3. The third-order valence-electron chi connectivity index (χ3n) is 3.79. The Kier molecular flexibility index (Phi) is 6.74. The first-order valence-electron chi connectivity index (χ1n) is 8.13. The highest BCUT2D eigenvalue weighted by Gasteiger charge is 2.13. The van der Waals surface area contributed by atoms with E-state index in [1.54, 1.807) is 0 Å². The van der Waals surface area contributed by atoms with Crippen LogP contribution in [-0.4, -0.2) is 21.9 Å². The van der Waals surface area contributed by atoms with Crippen molar-refractivity contribution in [3.05, 3.63) is 17.0 Å². The van der Waals surface area contributed by atoms with Crippen molar-refractivity contribution in [2.24, 2.45) is 0 Å². The fraction of sp³-hybridized carbons (Fsp3) is 0.824. The van der Waals surface area contributed by atoms with Crippen molar-refractivity contribution in [2.75, 3.05) is 6.54 Å². The molecule has 0 bridgehead atoms. The smallest absolute Gasteiger partial charge is 0.0628 e. The molecule has 1 rings (SSSR count). The molecule has 0 fully saturated rings. The van der Waals surface area contributed by atoms with Crippen LogP contribution in [0.3, 0.4) is 0 Å². The van der Waals surface area contributed by atoms with Crippen molar-refractivity contribution < 1.29 is 0 Å². The topological polar surface area (TPSA) is 29.9 Å². The first-order valence-corrected chi connectivity index (χ1v) is 8.13. The number of nitrogens with one attached hydrogen (secondary N) is 1. The van der Waals surface area contributed by atoms with Gasteiger partial charge in [-0.2, -0.15) is 5.10 Å². The molecule has 1 N–H and O–H groups in total. The number of unbranched alkanes of at least 4 members (excludes halogenated alkanes) is 3. The fourth-order valence-corrected chi connectivity index (χ4v) is 2.56. The Hall–Kier alpha value is -0.830. The molecule has 0 aliphatic heterocycles. The average Bonchev–Trinajstić information content (AvgIpc) is 2.61. The molecular formula is C17H33N3. The summed E-state index contributed by atoms with van der Waals surface area (Å²) in [5, 5.41) is 8.27. The van der Waals surface area contributed by atoms with Gasteiger partial charge < -0.3 is 5.32 Å². The van der Waals surface area contributed by atoms with Crippen LogP contribution >= 0.6 is 0 Å². The monoisotopic (exact) mass is 279 g/mol. The van der Waals surface area contributed by atoms with Crippen LogP contribution in [0.25, 0.3) is 0 Å². The highest BCUT2D eigenvalue weighted by molar-refractivity contribution is 5.24. The van der Waals surface area contributed by atoms with Crippen molar-refractivity contribution in [2.45, 2.75) is 85.7 Å². The quantitative estimate of drug-likeness (QED) is 0.729. The molecule has 0 saturated carbocycles. The lowest BCUT2D eigenvalue weighted by molar-refractivity contribution is 0.429. The summed E-state index contributed by atoms with van der Waals surface area (Å²) in [4.78, 5) is 0. The third-order valence-corrected chi connectivity index (χ3v) is 3.79. The summed E-state index contributed by atoms with van der Waals surface area (Å²) in [5.74, 6) is 0. The Morgan fingerprint density at radius 3 is 2.40 bits per heavy atom. The van der Waals surface area contributed by atoms with Gasteiger partial charge in [-0.1, -0.05) is 26.2 Å². The van der Waals surface area contributed by atoms with Gasteiger partial charge in [-0.25, -0.2) is 0 Å². The lowest BCUT2D eigenvalue weighted by Gasteiger charge is -2.20. The van der Waals surface area contributed by atoms with Crippen molar-refractivity contribution in [3.63, 3.8) is 0 Å². The molecule has 0 atom stereocenters. The first kappa shape index (κ1) is 17.2. The first-order chi connectivity index (χ1) is 9.35. The molecule has 1 heterocycles. The number of aromatic nitrogens is 2. The Labute approximate surface area is 125 Å². The molecule has 1 aromatic rings. The van der Waals surface area contributed by atoms with E-state index >= 15 is 0 Å². The van der Waals surface area contributed by atoms with Gasteiger partial charge in [-0.15, -0.1) is 0 Å². The number of rotatable bonds is 8. The van der Waals surface area contributed by atoms with Crippen LogP contribution in [0.4, 0.5) is 0 Å². The Morgan fingerprint density at radius 2 is 1.80 bits per heavy atom. The predicted octanol–water partition coefficient (Wildman–Crippen LogP) is 4.01. The zero-order valence-corrected chi connectivity index (χ0v) is 14.3. The normalized spacial score (nSPS) is 12.1. The van der Waals surface area contributed by atoms with Crippen LogP contribution in [-0.2, 0) is 13.0 Å². The van der Waals surface area contributed by atoms with E-state index < -0.39 is 0 Å². The number of hydrogen-bond donors (Lipinski definition) is 1. The molecule has 0 amide bonds. The number of aryl methyl sites for hydroxylation is 2. The largest absolute Gasteiger partial charge is 0.312 e. The summed E-state index contributed by atoms with van der Waals surface area (Å²) < 4.78 is 2.21. The maximum Gasteiger partial charge on any atom is 0.0628 e. The summed E-state index contributed by atoms with van der Waals surface area (Å²) in [6.07, 6.45) is 6.26. The third kappa shape index (κ3) is 5.66. The summed E-state index contributed by atoms with van der Waals surface area (Å²) >= 11 is 0. The fourth-order valence-electron chi connectivity index (χ4n) is 2.56. The van der Waals surface area contributed by atoms with E-state index in [9.17, 15) is 0 Å². The Morgan fingerprint density at radius 1 is 1.10 bits per heavy atom. The molecule has 0 saturated heterocycles. The molecule has 0 spiro atoms. The van der Waals surface area contributed by atoms with E-state index in [0.29, 0.717) is 0 Å². The zero-order chi connectivity index (χ0) is 15.2. The van der Waals surface area contributed by atoms with E-state index in [1.165, 1.54) is 42.6 Å². The second kappa shape index (κ2) is 7.82. The second-order valence-electron chi connectivity index (χ2n) is 6.86. The van der Waals surface area contributed by atoms with Crippen molar-refractivity contribution >= 4 is 0 Å². The maximum atomic E-state index is 4.71. The summed E-state index contributed by atoms with van der Waals surface area (Å²) in [5.41, 5.74) is 4.18. The SMILES string of the molecule is CCCCCCn1nc(C)c(CCNC(C)(C)C)c1C. The van der Waals surface area contributed by atoms with Crippen LogP contribution in [0.2, 0.25) is 0 Å². The summed E-state index contributed by atoms with van der Waals surface area (Å²) in [6, 6.07) is 0. The van der Waals surface area contributed by atoms with Gasteiger partial charge in [0.2, 0.25) is 0 Å². The highest BCUT2D eigenvalue weighted by atomic mass is 15.3. The van der Waals surface area contributed by atoms with E-state index in [2.05, 4.69) is 51.5 Å². The van der Waals surface area contributed by atoms with Gasteiger partial charge in [0, 0.05) is 17.8 Å². The molecule has 20 heavy (non-hydrogen) atoms. The molecule has 0 unspecified atom stereocenters. The van der Waals surface area contributed by atoms with Crippen LogP contribution in [0, 0.1) is 13.8 Å². The minimum atomic E-state index is 0.192. The second-order valence-corrected chi connectivity index (χ2v) is 6.86. The van der Waals surface area contributed by atoms with Gasteiger partial charge >= 0.3 is 0 Å². The van der Waals surface area contributed by atoms with E-state index in [1.807, 2.05) is 0 Å². The predicted molar refractivity (Wildman–Crippen MR) is 87.3 cm³/mol. The average molecular weight is 279 g/mol. The molecular weight excluding hydrogens is 246 g/mol. The number of nitrogens with zero attached hydrogens (tertiary/aromatic N) is 2. The van der Waals surface area contributed by atoms with Crippen LogP contribution in [0.15, 0.2) is 0 Å². The van der Waals surface area contributed by atoms with Gasteiger partial charge in [-0.05, 0) is 59.6 Å². The van der Waals surface area contributed by atoms with Crippen LogP contribution in [0.1, 0.15) is 70.3 Å². The molecule has 3 heteroatoms. The van der Waals surface area contributed by atoms with Gasteiger partial charge in [0.25, 0.3) is 0 Å². The molecule has 0 aromatic carbocycles. The Balaban J connectivity index is 2.53. The maximum absolute atomic E-state index is 4.71. The van der Waals surface area contributed by atoms with Gasteiger partial charge in [0.1, 0.15) is 0 Å². The van der Waals surface area contributed by atoms with Gasteiger partial charge in [0.05, 0.1) is 5.69 Å². The molecule has 116 valence electrons. The Bertz CT molecular complexity index is 399. The lowest BCUT2D eigenvalue weighted by Crippen LogP contribution is -2.37. The molecule has 1 aromatic heterocycles. The zero-order valence-electron chi connectivity index (χ0n) is 14.3. The van der Waals surface area contributed by atoms with Crippen LogP contribution in [0.5, 0.6) is 0 Å². The van der Waals surface area contributed by atoms with E-state index in [-0.39, 0.29) is 5.54 Å². The number of hydrogen-bond acceptors (Lipinski definition) is 2. The summed E-state index contributed by atoms with van der Waals surface area (Å²) in [6.45, 7) is 15.3. The van der Waals surface area contributed by atoms with Crippen LogP contribution < -0.4 is 5.32 Å². The van der Waals surface area contributed by atoms with Gasteiger partial charge in [-0.3, -0.25) is 4.68 Å². The molecule has 0 radical (unpaired) electrons. The van der Waals surface area contributed by atoms with Crippen molar-refractivity contribution in [1.29, 1.82) is 0 Å². The van der Waals surface area contributed by atoms with E-state index in [0.717, 1.165) is 19.5 Å². The molecule has 0 aliphatic carbocycles. The minimum Gasteiger partial charge on any atom is -0.312 e. The molecule has 3 nitrogen and oxygen atoms in total. The minimum absolute atomic E-state index is 0.192. The summed E-state index contributed by atoms with van der Waals surface area (Å²) in [7, 11) is 0. The highest BCUT2D eigenvalue weighted by Crippen LogP contribution is 2.15. The lowest BCUT2D eigenvalue weighted by atomic mass is 10.1.